The first-order valence-electron chi connectivity index (χ1n) is 9.26. The fraction of sp³-hybridized carbons (Fsp3) is 0.389. The van der Waals surface area contributed by atoms with Crippen LogP contribution in [0.5, 0.6) is 0 Å². The van der Waals surface area contributed by atoms with Gasteiger partial charge in [0, 0.05) is 19.0 Å². The summed E-state index contributed by atoms with van der Waals surface area (Å²) in [6.07, 6.45) is 3.65. The third-order valence-electron chi connectivity index (χ3n) is 5.27. The van der Waals surface area contributed by atoms with Crippen molar-refractivity contribution in [2.75, 3.05) is 5.32 Å². The van der Waals surface area contributed by atoms with Crippen LogP contribution in [0.25, 0.3) is 11.2 Å². The Labute approximate surface area is 182 Å². The highest BCUT2D eigenvalue weighted by molar-refractivity contribution is 9.10. The molecule has 0 radical (unpaired) electrons. The second-order valence-corrected chi connectivity index (χ2v) is 8.99. The van der Waals surface area contributed by atoms with Gasteiger partial charge in [-0.25, -0.2) is 9.78 Å². The molecule has 3 heterocycles. The van der Waals surface area contributed by atoms with Crippen molar-refractivity contribution in [3.05, 3.63) is 41.6 Å². The summed E-state index contributed by atoms with van der Waals surface area (Å²) in [5, 5.41) is 3.21. The zero-order chi connectivity index (χ0) is 21.7. The van der Waals surface area contributed by atoms with Gasteiger partial charge in [-0.3, -0.25) is 28.1 Å². The number of rotatable bonds is 4. The van der Waals surface area contributed by atoms with Crippen LogP contribution in [0.2, 0.25) is 0 Å². The van der Waals surface area contributed by atoms with Crippen molar-refractivity contribution in [3.8, 4) is 0 Å². The van der Waals surface area contributed by atoms with E-state index in [0.717, 1.165) is 40.7 Å². The quantitative estimate of drug-likeness (QED) is 0.519. The van der Waals surface area contributed by atoms with Gasteiger partial charge in [-0.15, -0.1) is 11.3 Å². The van der Waals surface area contributed by atoms with Crippen LogP contribution in [0.15, 0.2) is 14.3 Å². The van der Waals surface area contributed by atoms with Crippen LogP contribution in [0.3, 0.4) is 0 Å². The smallest absolute Gasteiger partial charge is 0.332 e. The molecule has 3 aromatic rings. The summed E-state index contributed by atoms with van der Waals surface area (Å²) in [5.41, 5.74) is 6.11. The molecular formula is C18H19BrN6O4S. The number of nitrogens with two attached hydrogens (primary N) is 1. The van der Waals surface area contributed by atoms with E-state index in [2.05, 4.69) is 26.2 Å². The van der Waals surface area contributed by atoms with Crippen LogP contribution in [0.1, 0.15) is 33.6 Å². The SMILES string of the molecule is Cn1c(=O)c2nc(Br)n(CC(=O)Nc3sc4c(c3C(N)=O)CCCC4)c2n(C)c1=O. The van der Waals surface area contributed by atoms with Crippen LogP contribution >= 0.6 is 27.3 Å². The number of aromatic nitrogens is 4. The molecule has 4 rings (SSSR count). The maximum absolute atomic E-state index is 12.8. The summed E-state index contributed by atoms with van der Waals surface area (Å²) >= 11 is 4.63. The first-order valence-corrected chi connectivity index (χ1v) is 10.9. The Hall–Kier alpha value is -2.73. The molecule has 0 atom stereocenters. The standard InChI is InChI=1S/C18H19BrN6O4S/c1-23-15-12(16(28)24(2)18(23)29)22-17(19)25(15)7-10(26)21-14-11(13(20)27)8-5-3-4-6-9(8)30-14/h3-7H2,1-2H3,(H2,20,27)(H,21,26). The number of anilines is 1. The van der Waals surface area contributed by atoms with Gasteiger partial charge in [0.1, 0.15) is 11.5 Å². The van der Waals surface area contributed by atoms with E-state index >= 15 is 0 Å². The lowest BCUT2D eigenvalue weighted by molar-refractivity contribution is -0.116. The zero-order valence-corrected chi connectivity index (χ0v) is 18.7. The molecule has 3 aromatic heterocycles. The van der Waals surface area contributed by atoms with Crippen LogP contribution in [0.4, 0.5) is 5.00 Å². The molecule has 0 unspecified atom stereocenters. The number of aryl methyl sites for hydroxylation is 2. The number of fused-ring (bicyclic) bond motifs is 2. The number of carbonyl (C=O) groups excluding carboxylic acids is 2. The van der Waals surface area contributed by atoms with E-state index < -0.39 is 23.1 Å². The van der Waals surface area contributed by atoms with Gasteiger partial charge < -0.3 is 11.1 Å². The Morgan fingerprint density at radius 3 is 2.60 bits per heavy atom. The summed E-state index contributed by atoms with van der Waals surface area (Å²) in [6.45, 7) is -0.210. The first-order chi connectivity index (χ1) is 14.2. The maximum Gasteiger partial charge on any atom is 0.332 e. The van der Waals surface area contributed by atoms with Crippen molar-refractivity contribution in [1.29, 1.82) is 0 Å². The average molecular weight is 495 g/mol. The van der Waals surface area contributed by atoms with E-state index in [9.17, 15) is 19.2 Å². The number of primary amides is 1. The summed E-state index contributed by atoms with van der Waals surface area (Å²) < 4.78 is 3.90. The molecule has 0 fully saturated rings. The third kappa shape index (κ3) is 3.19. The van der Waals surface area contributed by atoms with E-state index in [4.69, 9.17) is 5.73 Å². The Morgan fingerprint density at radius 1 is 1.20 bits per heavy atom. The van der Waals surface area contributed by atoms with E-state index in [1.165, 1.54) is 34.6 Å². The van der Waals surface area contributed by atoms with Crippen molar-refractivity contribution >= 4 is 55.2 Å². The van der Waals surface area contributed by atoms with Crippen molar-refractivity contribution < 1.29 is 9.59 Å². The Morgan fingerprint density at radius 2 is 1.90 bits per heavy atom. The molecule has 2 amide bonds. The lowest BCUT2D eigenvalue weighted by atomic mass is 9.95. The highest BCUT2D eigenvalue weighted by Gasteiger charge is 2.26. The zero-order valence-electron chi connectivity index (χ0n) is 16.3. The van der Waals surface area contributed by atoms with Crippen molar-refractivity contribution in [2.45, 2.75) is 32.2 Å². The summed E-state index contributed by atoms with van der Waals surface area (Å²) in [6, 6.07) is 0. The second kappa shape index (κ2) is 7.51. The highest BCUT2D eigenvalue weighted by atomic mass is 79.9. The molecular weight excluding hydrogens is 476 g/mol. The molecule has 0 saturated carbocycles. The minimum absolute atomic E-state index is 0.0729. The number of thiophene rings is 1. The number of hydrogen-bond donors (Lipinski definition) is 2. The Bertz CT molecular complexity index is 1330. The topological polar surface area (TPSA) is 134 Å². The molecule has 10 nitrogen and oxygen atoms in total. The van der Waals surface area contributed by atoms with Crippen LogP contribution < -0.4 is 22.3 Å². The maximum atomic E-state index is 12.8. The van der Waals surface area contributed by atoms with Crippen LogP contribution in [-0.2, 0) is 38.3 Å². The van der Waals surface area contributed by atoms with Gasteiger partial charge in [0.15, 0.2) is 15.9 Å². The molecule has 30 heavy (non-hydrogen) atoms. The Kier molecular flexibility index (Phi) is 5.14. The van der Waals surface area contributed by atoms with Gasteiger partial charge in [-0.05, 0) is 47.2 Å². The summed E-state index contributed by atoms with van der Waals surface area (Å²) in [5.74, 6) is -0.992. The number of hydrogen-bond acceptors (Lipinski definition) is 6. The van der Waals surface area contributed by atoms with Gasteiger partial charge in [-0.2, -0.15) is 0 Å². The Balaban J connectivity index is 1.71. The summed E-state index contributed by atoms with van der Waals surface area (Å²) in [7, 11) is 2.87. The fourth-order valence-electron chi connectivity index (χ4n) is 3.83. The van der Waals surface area contributed by atoms with Gasteiger partial charge in [0.05, 0.1) is 5.56 Å². The molecule has 12 heteroatoms. The third-order valence-corrected chi connectivity index (χ3v) is 7.08. The van der Waals surface area contributed by atoms with E-state index in [-0.39, 0.29) is 22.4 Å². The van der Waals surface area contributed by atoms with E-state index in [1.807, 2.05) is 0 Å². The lowest BCUT2D eigenvalue weighted by Crippen LogP contribution is -2.37. The lowest BCUT2D eigenvalue weighted by Gasteiger charge is -2.11. The molecule has 0 aliphatic heterocycles. The number of nitrogens with one attached hydrogen (secondary N) is 1. The molecule has 1 aliphatic rings. The predicted octanol–water partition coefficient (Wildman–Crippen LogP) is 0.874. The number of carbonyl (C=O) groups is 2. The molecule has 3 N–H and O–H groups in total. The van der Waals surface area contributed by atoms with Gasteiger partial charge in [-0.1, -0.05) is 0 Å². The van der Waals surface area contributed by atoms with Gasteiger partial charge in [0.2, 0.25) is 5.91 Å². The molecule has 0 aromatic carbocycles. The van der Waals surface area contributed by atoms with E-state index in [1.54, 1.807) is 0 Å². The number of amides is 2. The molecule has 158 valence electrons. The molecule has 0 bridgehead atoms. The van der Waals surface area contributed by atoms with E-state index in [0.29, 0.717) is 10.6 Å². The molecule has 0 spiro atoms. The first kappa shape index (κ1) is 20.5. The fourth-order valence-corrected chi connectivity index (χ4v) is 5.61. The molecule has 1 aliphatic carbocycles. The monoisotopic (exact) mass is 494 g/mol. The number of halogens is 1. The van der Waals surface area contributed by atoms with Crippen LogP contribution in [0, 0.1) is 0 Å². The highest BCUT2D eigenvalue weighted by Crippen LogP contribution is 2.37. The van der Waals surface area contributed by atoms with Crippen molar-refractivity contribution in [3.63, 3.8) is 0 Å². The number of imidazole rings is 1. The van der Waals surface area contributed by atoms with Crippen molar-refractivity contribution in [1.82, 2.24) is 18.7 Å². The average Bonchev–Trinajstić information content (AvgIpc) is 3.22. The van der Waals surface area contributed by atoms with Gasteiger partial charge >= 0.3 is 5.69 Å². The second-order valence-electron chi connectivity index (χ2n) is 7.17. The molecule has 0 saturated heterocycles. The largest absolute Gasteiger partial charge is 0.365 e. The van der Waals surface area contributed by atoms with Gasteiger partial charge in [0.25, 0.3) is 11.5 Å². The van der Waals surface area contributed by atoms with Crippen molar-refractivity contribution in [2.24, 2.45) is 19.8 Å². The van der Waals surface area contributed by atoms with Crippen LogP contribution in [-0.4, -0.2) is 30.5 Å². The minimum Gasteiger partial charge on any atom is -0.365 e. The normalized spacial score (nSPS) is 13.4. The predicted molar refractivity (Wildman–Crippen MR) is 116 cm³/mol. The minimum atomic E-state index is -0.565. The number of nitrogens with zero attached hydrogens (tertiary/aromatic N) is 4. The summed E-state index contributed by atoms with van der Waals surface area (Å²) in [4.78, 5) is 54.7.